The summed E-state index contributed by atoms with van der Waals surface area (Å²) >= 11 is 1.41. The van der Waals surface area contributed by atoms with Crippen molar-refractivity contribution in [2.45, 2.75) is 36.0 Å². The molecule has 0 bridgehead atoms. The molecule has 0 aliphatic carbocycles. The van der Waals surface area contributed by atoms with Crippen molar-refractivity contribution in [2.75, 3.05) is 18.4 Å². The number of carbonyl (C=O) groups excluding carboxylic acids is 2. The second kappa shape index (κ2) is 8.36. The van der Waals surface area contributed by atoms with E-state index >= 15 is 0 Å². The van der Waals surface area contributed by atoms with Gasteiger partial charge in [-0.1, -0.05) is 11.8 Å². The minimum Gasteiger partial charge on any atom is -0.339 e. The van der Waals surface area contributed by atoms with Gasteiger partial charge in [-0.2, -0.15) is 0 Å². The number of carbonyl (C=O) groups is 2. The smallest absolute Gasteiger partial charge is 0.253 e. The Bertz CT molecular complexity index is 802. The van der Waals surface area contributed by atoms with Gasteiger partial charge in [0.25, 0.3) is 5.91 Å². The molecule has 1 fully saturated rings. The van der Waals surface area contributed by atoms with Crippen LogP contribution in [0.25, 0.3) is 0 Å². The maximum absolute atomic E-state index is 13.1. The first kappa shape index (κ1) is 18.5. The van der Waals surface area contributed by atoms with Crippen LogP contribution in [0, 0.1) is 5.82 Å². The van der Waals surface area contributed by atoms with Crippen LogP contribution in [0.15, 0.2) is 52.3 Å². The number of rotatable bonds is 4. The Kier molecular flexibility index (Phi) is 5.93. The summed E-state index contributed by atoms with van der Waals surface area (Å²) in [6, 6.07) is 11.5. The summed E-state index contributed by atoms with van der Waals surface area (Å²) in [4.78, 5) is 27.8. The summed E-state index contributed by atoms with van der Waals surface area (Å²) in [5.74, 6) is -0.498. The van der Waals surface area contributed by atoms with Crippen LogP contribution in [0.2, 0.25) is 0 Å². The summed E-state index contributed by atoms with van der Waals surface area (Å²) in [5, 5.41) is 2.80. The molecule has 0 atom stereocenters. The van der Waals surface area contributed by atoms with Gasteiger partial charge in [-0.3, -0.25) is 9.59 Å². The third-order valence-electron chi connectivity index (χ3n) is 4.22. The first-order valence-electron chi connectivity index (χ1n) is 8.67. The van der Waals surface area contributed by atoms with Gasteiger partial charge in [0.15, 0.2) is 0 Å². The molecule has 2 amide bonds. The third kappa shape index (κ3) is 4.64. The zero-order valence-electron chi connectivity index (χ0n) is 14.6. The minimum atomic E-state index is -0.293. The molecule has 0 radical (unpaired) electrons. The Hall–Kier alpha value is -2.34. The summed E-state index contributed by atoms with van der Waals surface area (Å²) in [5.41, 5.74) is 1.16. The molecule has 1 aliphatic rings. The van der Waals surface area contributed by atoms with Crippen molar-refractivity contribution in [3.63, 3.8) is 0 Å². The Morgan fingerprint density at radius 2 is 1.73 bits per heavy atom. The molecule has 4 nitrogen and oxygen atoms in total. The van der Waals surface area contributed by atoms with E-state index in [1.54, 1.807) is 24.3 Å². The van der Waals surface area contributed by atoms with E-state index in [4.69, 9.17) is 0 Å². The van der Waals surface area contributed by atoms with Crippen LogP contribution in [0.5, 0.6) is 0 Å². The number of halogens is 1. The number of nitrogens with zero attached hydrogens (tertiary/aromatic N) is 1. The SMILES string of the molecule is CC(=O)Nc1cc(C(=O)N2CCCCC2)ccc1Sc1ccc(F)cc1. The zero-order valence-corrected chi connectivity index (χ0v) is 15.4. The van der Waals surface area contributed by atoms with Crippen molar-refractivity contribution in [2.24, 2.45) is 0 Å². The van der Waals surface area contributed by atoms with E-state index < -0.39 is 0 Å². The molecule has 1 heterocycles. The van der Waals surface area contributed by atoms with Crippen molar-refractivity contribution >= 4 is 29.3 Å². The van der Waals surface area contributed by atoms with Gasteiger partial charge < -0.3 is 10.2 Å². The highest BCUT2D eigenvalue weighted by Gasteiger charge is 2.19. The van der Waals surface area contributed by atoms with Crippen LogP contribution in [0.1, 0.15) is 36.5 Å². The van der Waals surface area contributed by atoms with E-state index in [-0.39, 0.29) is 17.6 Å². The average Bonchev–Trinajstić information content (AvgIpc) is 2.64. The summed E-state index contributed by atoms with van der Waals surface area (Å²) in [6.45, 7) is 2.99. The second-order valence-corrected chi connectivity index (χ2v) is 7.42. The molecular formula is C20H21FN2O2S. The molecule has 0 unspecified atom stereocenters. The fraction of sp³-hybridized carbons (Fsp3) is 0.300. The molecule has 0 aromatic heterocycles. The van der Waals surface area contributed by atoms with Crippen molar-refractivity contribution < 1.29 is 14.0 Å². The van der Waals surface area contributed by atoms with Crippen LogP contribution >= 0.6 is 11.8 Å². The van der Waals surface area contributed by atoms with E-state index in [9.17, 15) is 14.0 Å². The molecule has 26 heavy (non-hydrogen) atoms. The lowest BCUT2D eigenvalue weighted by Crippen LogP contribution is -2.35. The van der Waals surface area contributed by atoms with Gasteiger partial charge in [-0.25, -0.2) is 4.39 Å². The van der Waals surface area contributed by atoms with E-state index in [2.05, 4.69) is 5.32 Å². The monoisotopic (exact) mass is 372 g/mol. The Morgan fingerprint density at radius 3 is 2.38 bits per heavy atom. The lowest BCUT2D eigenvalue weighted by Gasteiger charge is -2.27. The number of amides is 2. The molecule has 2 aromatic carbocycles. The molecular weight excluding hydrogens is 351 g/mol. The number of hydrogen-bond acceptors (Lipinski definition) is 3. The summed E-state index contributed by atoms with van der Waals surface area (Å²) < 4.78 is 13.1. The Labute approximate surface area is 156 Å². The number of likely N-dealkylation sites (tertiary alicyclic amines) is 1. The highest BCUT2D eigenvalue weighted by atomic mass is 32.2. The molecule has 2 aromatic rings. The minimum absolute atomic E-state index is 0.00497. The van der Waals surface area contributed by atoms with Gasteiger partial charge in [0.2, 0.25) is 5.91 Å². The van der Waals surface area contributed by atoms with Gasteiger partial charge in [0, 0.05) is 35.4 Å². The zero-order chi connectivity index (χ0) is 18.5. The third-order valence-corrected chi connectivity index (χ3v) is 5.31. The van der Waals surface area contributed by atoms with Crippen LogP contribution in [0.3, 0.4) is 0 Å². The van der Waals surface area contributed by atoms with E-state index in [0.29, 0.717) is 11.3 Å². The van der Waals surface area contributed by atoms with Crippen molar-refractivity contribution in [3.8, 4) is 0 Å². The molecule has 136 valence electrons. The molecule has 6 heteroatoms. The second-order valence-electron chi connectivity index (χ2n) is 6.30. The maximum atomic E-state index is 13.1. The van der Waals surface area contributed by atoms with Gasteiger partial charge in [0.1, 0.15) is 5.82 Å². The number of benzene rings is 2. The highest BCUT2D eigenvalue weighted by Crippen LogP contribution is 2.34. The van der Waals surface area contributed by atoms with Gasteiger partial charge in [-0.15, -0.1) is 0 Å². The predicted octanol–water partition coefficient (Wildman–Crippen LogP) is 4.56. The van der Waals surface area contributed by atoms with Crippen LogP contribution in [0.4, 0.5) is 10.1 Å². The standard InChI is InChI=1S/C20H21FN2O2S/c1-14(24)22-18-13-15(20(25)23-11-3-2-4-12-23)5-10-19(18)26-17-8-6-16(21)7-9-17/h5-10,13H,2-4,11-12H2,1H3,(H,22,24). The highest BCUT2D eigenvalue weighted by molar-refractivity contribution is 7.99. The van der Waals surface area contributed by atoms with E-state index in [0.717, 1.165) is 42.1 Å². The van der Waals surface area contributed by atoms with Crippen molar-refractivity contribution in [3.05, 3.63) is 53.8 Å². The maximum Gasteiger partial charge on any atom is 0.253 e. The molecule has 1 saturated heterocycles. The van der Waals surface area contributed by atoms with E-state index in [1.165, 1.54) is 30.8 Å². The predicted molar refractivity (Wildman–Crippen MR) is 101 cm³/mol. The van der Waals surface area contributed by atoms with Crippen LogP contribution in [-0.2, 0) is 4.79 Å². The molecule has 0 saturated carbocycles. The Morgan fingerprint density at radius 1 is 1.04 bits per heavy atom. The number of nitrogens with one attached hydrogen (secondary N) is 1. The normalized spacial score (nSPS) is 14.2. The van der Waals surface area contributed by atoms with Crippen LogP contribution < -0.4 is 5.32 Å². The topological polar surface area (TPSA) is 49.4 Å². The van der Waals surface area contributed by atoms with Gasteiger partial charge in [-0.05, 0) is 61.7 Å². The Balaban J connectivity index is 1.86. The fourth-order valence-corrected chi connectivity index (χ4v) is 3.83. The van der Waals surface area contributed by atoms with Crippen LogP contribution in [-0.4, -0.2) is 29.8 Å². The number of hydrogen-bond donors (Lipinski definition) is 1. The number of piperidine rings is 1. The lowest BCUT2D eigenvalue weighted by molar-refractivity contribution is -0.114. The van der Waals surface area contributed by atoms with Crippen molar-refractivity contribution in [1.29, 1.82) is 0 Å². The first-order valence-corrected chi connectivity index (χ1v) is 9.49. The number of anilines is 1. The summed E-state index contributed by atoms with van der Waals surface area (Å²) in [7, 11) is 0. The van der Waals surface area contributed by atoms with E-state index in [1.807, 2.05) is 11.0 Å². The van der Waals surface area contributed by atoms with Gasteiger partial charge in [0.05, 0.1) is 5.69 Å². The molecule has 3 rings (SSSR count). The largest absolute Gasteiger partial charge is 0.339 e. The molecule has 1 aliphatic heterocycles. The molecule has 1 N–H and O–H groups in total. The quantitative estimate of drug-likeness (QED) is 0.856. The first-order chi connectivity index (χ1) is 12.5. The lowest BCUT2D eigenvalue weighted by atomic mass is 10.1. The molecule has 0 spiro atoms. The van der Waals surface area contributed by atoms with Crippen molar-refractivity contribution in [1.82, 2.24) is 4.90 Å². The average molecular weight is 372 g/mol. The summed E-state index contributed by atoms with van der Waals surface area (Å²) in [6.07, 6.45) is 3.22. The fourth-order valence-electron chi connectivity index (χ4n) is 2.95. The van der Waals surface area contributed by atoms with Gasteiger partial charge >= 0.3 is 0 Å².